The van der Waals surface area contributed by atoms with Crippen LogP contribution in [0.3, 0.4) is 0 Å². The van der Waals surface area contributed by atoms with Crippen molar-refractivity contribution < 1.29 is 9.59 Å². The van der Waals surface area contributed by atoms with E-state index < -0.39 is 0 Å². The number of benzene rings is 2. The van der Waals surface area contributed by atoms with E-state index >= 15 is 0 Å². The first kappa shape index (κ1) is 17.6. The summed E-state index contributed by atoms with van der Waals surface area (Å²) in [5, 5.41) is 6.55. The number of pyridine rings is 1. The Kier molecular flexibility index (Phi) is 5.29. The second-order valence-electron chi connectivity index (χ2n) is 5.66. The van der Waals surface area contributed by atoms with E-state index in [1.165, 1.54) is 13.1 Å². The summed E-state index contributed by atoms with van der Waals surface area (Å²) in [7, 11) is 0. The average molecular weight is 366 g/mol. The van der Waals surface area contributed by atoms with Crippen LogP contribution < -0.4 is 10.6 Å². The number of ketones is 1. The summed E-state index contributed by atoms with van der Waals surface area (Å²) in [5.41, 5.74) is 2.37. The number of carbonyl (C=O) groups is 2. The fourth-order valence-corrected chi connectivity index (χ4v) is 2.43. The summed E-state index contributed by atoms with van der Waals surface area (Å²) < 4.78 is 0. The fraction of sp³-hybridized carbons (Fsp3) is 0.0500. The molecular formula is C20H16ClN3O2. The second kappa shape index (κ2) is 7.80. The molecule has 0 atom stereocenters. The quantitative estimate of drug-likeness (QED) is 0.628. The van der Waals surface area contributed by atoms with Gasteiger partial charge in [-0.1, -0.05) is 23.7 Å². The molecule has 2 aromatic carbocycles. The van der Waals surface area contributed by atoms with E-state index in [0.717, 1.165) is 5.69 Å². The molecule has 0 saturated carbocycles. The second-order valence-corrected chi connectivity index (χ2v) is 6.09. The first-order valence-corrected chi connectivity index (χ1v) is 8.30. The third-order valence-corrected chi connectivity index (χ3v) is 3.92. The number of aromatic nitrogens is 1. The lowest BCUT2D eigenvalue weighted by atomic mass is 10.1. The lowest BCUT2D eigenvalue weighted by molar-refractivity contribution is 0.101. The smallest absolute Gasteiger partial charge is 0.257 e. The number of nitrogens with zero attached hydrogens (tertiary/aromatic N) is 1. The SMILES string of the molecule is CC(=O)c1cccc(NC(=O)c2ccc(Nc3ccc(Cl)cc3)nc2)c1. The van der Waals surface area contributed by atoms with Gasteiger partial charge < -0.3 is 10.6 Å². The lowest BCUT2D eigenvalue weighted by Crippen LogP contribution is -2.12. The molecule has 0 radical (unpaired) electrons. The molecule has 0 unspecified atom stereocenters. The molecular weight excluding hydrogens is 350 g/mol. The van der Waals surface area contributed by atoms with E-state index in [-0.39, 0.29) is 11.7 Å². The maximum absolute atomic E-state index is 12.3. The predicted octanol–water partition coefficient (Wildman–Crippen LogP) is 4.93. The number of carbonyl (C=O) groups excluding carboxylic acids is 2. The number of rotatable bonds is 5. The van der Waals surface area contributed by atoms with Gasteiger partial charge in [-0.05, 0) is 55.5 Å². The van der Waals surface area contributed by atoms with Gasteiger partial charge in [0.15, 0.2) is 5.78 Å². The molecule has 1 amide bonds. The van der Waals surface area contributed by atoms with Gasteiger partial charge >= 0.3 is 0 Å². The van der Waals surface area contributed by atoms with Crippen LogP contribution in [0.15, 0.2) is 66.9 Å². The third kappa shape index (κ3) is 4.46. The van der Waals surface area contributed by atoms with Gasteiger partial charge in [0, 0.05) is 28.2 Å². The number of amides is 1. The van der Waals surface area contributed by atoms with E-state index in [1.54, 1.807) is 48.5 Å². The molecule has 0 spiro atoms. The zero-order chi connectivity index (χ0) is 18.5. The van der Waals surface area contributed by atoms with Crippen LogP contribution in [0.5, 0.6) is 0 Å². The van der Waals surface area contributed by atoms with Crippen LogP contribution in [-0.2, 0) is 0 Å². The highest BCUT2D eigenvalue weighted by Crippen LogP contribution is 2.18. The Balaban J connectivity index is 1.68. The van der Waals surface area contributed by atoms with Crippen LogP contribution in [0.4, 0.5) is 17.2 Å². The standard InChI is InChI=1S/C20H16ClN3O2/c1-13(25)14-3-2-4-18(11-14)24-20(26)15-5-10-19(22-12-15)23-17-8-6-16(21)7-9-17/h2-12H,1H3,(H,22,23)(H,24,26). The first-order valence-electron chi connectivity index (χ1n) is 7.92. The number of Topliss-reactive ketones (excluding diaryl/α,β-unsaturated/α-hetero) is 1. The topological polar surface area (TPSA) is 71.1 Å². The van der Waals surface area contributed by atoms with Gasteiger partial charge in [-0.3, -0.25) is 9.59 Å². The van der Waals surface area contributed by atoms with Gasteiger partial charge in [-0.15, -0.1) is 0 Å². The average Bonchev–Trinajstić information content (AvgIpc) is 2.64. The van der Waals surface area contributed by atoms with Crippen molar-refractivity contribution in [1.82, 2.24) is 4.98 Å². The van der Waals surface area contributed by atoms with E-state index in [1.807, 2.05) is 12.1 Å². The molecule has 26 heavy (non-hydrogen) atoms. The minimum absolute atomic E-state index is 0.0552. The molecule has 3 rings (SSSR count). The molecule has 2 N–H and O–H groups in total. The molecule has 5 nitrogen and oxygen atoms in total. The van der Waals surface area contributed by atoms with Crippen molar-refractivity contribution >= 4 is 40.5 Å². The van der Waals surface area contributed by atoms with Crippen LogP contribution in [0.1, 0.15) is 27.6 Å². The summed E-state index contributed by atoms with van der Waals surface area (Å²) in [6.45, 7) is 1.48. The van der Waals surface area contributed by atoms with Crippen molar-refractivity contribution in [3.63, 3.8) is 0 Å². The largest absolute Gasteiger partial charge is 0.340 e. The molecule has 0 aliphatic carbocycles. The van der Waals surface area contributed by atoms with Crippen molar-refractivity contribution in [2.45, 2.75) is 6.92 Å². The molecule has 130 valence electrons. The number of anilines is 3. The van der Waals surface area contributed by atoms with Gasteiger partial charge in [-0.25, -0.2) is 4.98 Å². The van der Waals surface area contributed by atoms with Crippen LogP contribution in [0.25, 0.3) is 0 Å². The first-order chi connectivity index (χ1) is 12.5. The maximum atomic E-state index is 12.3. The van der Waals surface area contributed by atoms with Crippen molar-refractivity contribution in [2.24, 2.45) is 0 Å². The number of nitrogens with one attached hydrogen (secondary N) is 2. The van der Waals surface area contributed by atoms with E-state index in [9.17, 15) is 9.59 Å². The Hall–Kier alpha value is -3.18. The van der Waals surface area contributed by atoms with Crippen molar-refractivity contribution in [2.75, 3.05) is 10.6 Å². The van der Waals surface area contributed by atoms with Gasteiger partial charge in [0.2, 0.25) is 0 Å². The van der Waals surface area contributed by atoms with Gasteiger partial charge in [0.1, 0.15) is 5.82 Å². The number of halogens is 1. The summed E-state index contributed by atoms with van der Waals surface area (Å²) in [4.78, 5) is 28.0. The molecule has 0 bridgehead atoms. The monoisotopic (exact) mass is 365 g/mol. The van der Waals surface area contributed by atoms with E-state index in [4.69, 9.17) is 11.6 Å². The highest BCUT2D eigenvalue weighted by atomic mass is 35.5. The van der Waals surface area contributed by atoms with Crippen LogP contribution in [0, 0.1) is 0 Å². The van der Waals surface area contributed by atoms with Gasteiger partial charge in [0.05, 0.1) is 5.56 Å². The zero-order valence-corrected chi connectivity index (χ0v) is 14.7. The molecule has 3 aromatic rings. The normalized spacial score (nSPS) is 10.2. The Labute approximate surface area is 156 Å². The Bertz CT molecular complexity index is 938. The van der Waals surface area contributed by atoms with Gasteiger partial charge in [-0.2, -0.15) is 0 Å². The maximum Gasteiger partial charge on any atom is 0.257 e. The third-order valence-electron chi connectivity index (χ3n) is 3.67. The molecule has 1 heterocycles. The summed E-state index contributed by atoms with van der Waals surface area (Å²) >= 11 is 5.86. The van der Waals surface area contributed by atoms with Crippen LogP contribution in [0.2, 0.25) is 5.02 Å². The Morgan fingerprint density at radius 1 is 0.923 bits per heavy atom. The minimum Gasteiger partial charge on any atom is -0.340 e. The number of hydrogen-bond donors (Lipinski definition) is 2. The van der Waals surface area contributed by atoms with E-state index in [0.29, 0.717) is 27.7 Å². The number of hydrogen-bond acceptors (Lipinski definition) is 4. The highest BCUT2D eigenvalue weighted by molar-refractivity contribution is 6.30. The zero-order valence-electron chi connectivity index (χ0n) is 14.0. The van der Waals surface area contributed by atoms with E-state index in [2.05, 4.69) is 15.6 Å². The minimum atomic E-state index is -0.295. The van der Waals surface area contributed by atoms with Crippen molar-refractivity contribution in [1.29, 1.82) is 0 Å². The Morgan fingerprint density at radius 3 is 2.35 bits per heavy atom. The van der Waals surface area contributed by atoms with Crippen LogP contribution >= 0.6 is 11.6 Å². The fourth-order valence-electron chi connectivity index (χ4n) is 2.30. The molecule has 0 aliphatic rings. The molecule has 6 heteroatoms. The Morgan fingerprint density at radius 2 is 1.69 bits per heavy atom. The van der Waals surface area contributed by atoms with Crippen molar-refractivity contribution in [3.05, 3.63) is 83.0 Å². The summed E-state index contributed by atoms with van der Waals surface area (Å²) in [6.07, 6.45) is 1.49. The van der Waals surface area contributed by atoms with Gasteiger partial charge in [0.25, 0.3) is 5.91 Å². The van der Waals surface area contributed by atoms with Crippen molar-refractivity contribution in [3.8, 4) is 0 Å². The predicted molar refractivity (Wildman–Crippen MR) is 103 cm³/mol. The summed E-state index contributed by atoms with van der Waals surface area (Å²) in [5.74, 6) is 0.263. The summed E-state index contributed by atoms with van der Waals surface area (Å²) in [6, 6.07) is 17.4. The molecule has 0 aliphatic heterocycles. The molecule has 0 saturated heterocycles. The van der Waals surface area contributed by atoms with Crippen LogP contribution in [-0.4, -0.2) is 16.7 Å². The molecule has 1 aromatic heterocycles. The lowest BCUT2D eigenvalue weighted by Gasteiger charge is -2.08. The highest BCUT2D eigenvalue weighted by Gasteiger charge is 2.08. The molecule has 0 fully saturated rings.